The number of hydrogen-bond donors (Lipinski definition) is 0. The zero-order valence-corrected chi connectivity index (χ0v) is 16.2. The maximum Gasteiger partial charge on any atom is 0.326 e. The average molecular weight is 384 g/mol. The van der Waals surface area contributed by atoms with E-state index in [0.29, 0.717) is 22.7 Å². The van der Waals surface area contributed by atoms with E-state index in [9.17, 15) is 9.59 Å². The van der Waals surface area contributed by atoms with Crippen molar-refractivity contribution in [3.8, 4) is 5.75 Å². The molecule has 0 saturated carbocycles. The maximum atomic E-state index is 12.6. The van der Waals surface area contributed by atoms with E-state index in [1.165, 1.54) is 11.3 Å². The molecule has 0 saturated heterocycles. The van der Waals surface area contributed by atoms with Gasteiger partial charge in [-0.3, -0.25) is 9.59 Å². The van der Waals surface area contributed by atoms with Crippen molar-refractivity contribution in [3.05, 3.63) is 58.4 Å². The molecule has 0 unspecified atom stereocenters. The van der Waals surface area contributed by atoms with Crippen molar-refractivity contribution in [1.29, 1.82) is 0 Å². The van der Waals surface area contributed by atoms with Crippen LogP contribution in [0, 0.1) is 6.92 Å². The van der Waals surface area contributed by atoms with Crippen LogP contribution in [0.5, 0.6) is 5.75 Å². The Morgan fingerprint density at radius 2 is 1.89 bits per heavy atom. The lowest BCUT2D eigenvalue weighted by Gasteiger charge is -2.05. The first-order valence-electron chi connectivity index (χ1n) is 8.50. The lowest BCUT2D eigenvalue weighted by molar-refractivity contribution is -0.143. The van der Waals surface area contributed by atoms with Crippen LogP contribution < -0.4 is 9.54 Å². The SMILES string of the molecule is CCOC(=O)Cn1c(=NC(=O)c2ccc(C)cc2)sc2cc(OC)ccc21. The minimum Gasteiger partial charge on any atom is -0.497 e. The highest BCUT2D eigenvalue weighted by atomic mass is 32.1. The molecule has 0 bridgehead atoms. The fourth-order valence-electron chi connectivity index (χ4n) is 2.60. The van der Waals surface area contributed by atoms with Gasteiger partial charge in [0.05, 0.1) is 23.9 Å². The second-order valence-electron chi connectivity index (χ2n) is 5.89. The van der Waals surface area contributed by atoms with Gasteiger partial charge >= 0.3 is 5.97 Å². The Hall–Kier alpha value is -2.93. The molecular formula is C20H20N2O4S. The number of rotatable bonds is 5. The number of fused-ring (bicyclic) bond motifs is 1. The van der Waals surface area contributed by atoms with Crippen molar-refractivity contribution >= 4 is 33.4 Å². The molecule has 7 heteroatoms. The molecule has 1 aromatic heterocycles. The first-order chi connectivity index (χ1) is 13.0. The Morgan fingerprint density at radius 1 is 1.15 bits per heavy atom. The van der Waals surface area contributed by atoms with Crippen molar-refractivity contribution in [2.45, 2.75) is 20.4 Å². The molecule has 6 nitrogen and oxygen atoms in total. The number of carbonyl (C=O) groups is 2. The highest BCUT2D eigenvalue weighted by Crippen LogP contribution is 2.23. The van der Waals surface area contributed by atoms with Crippen LogP contribution in [0.4, 0.5) is 0 Å². The number of esters is 1. The van der Waals surface area contributed by atoms with Crippen LogP contribution >= 0.6 is 11.3 Å². The minimum absolute atomic E-state index is 0.0137. The van der Waals surface area contributed by atoms with Crippen LogP contribution in [-0.2, 0) is 16.1 Å². The number of thiazole rings is 1. The van der Waals surface area contributed by atoms with Gasteiger partial charge in [0, 0.05) is 5.56 Å². The first-order valence-corrected chi connectivity index (χ1v) is 9.32. The van der Waals surface area contributed by atoms with Crippen molar-refractivity contribution in [2.24, 2.45) is 4.99 Å². The summed E-state index contributed by atoms with van der Waals surface area (Å²) in [7, 11) is 1.59. The molecule has 0 N–H and O–H groups in total. The summed E-state index contributed by atoms with van der Waals surface area (Å²) >= 11 is 1.33. The van der Waals surface area contributed by atoms with E-state index < -0.39 is 0 Å². The van der Waals surface area contributed by atoms with Gasteiger partial charge in [0.1, 0.15) is 12.3 Å². The van der Waals surface area contributed by atoms with Crippen molar-refractivity contribution in [3.63, 3.8) is 0 Å². The highest BCUT2D eigenvalue weighted by Gasteiger charge is 2.13. The van der Waals surface area contributed by atoms with E-state index in [-0.39, 0.29) is 18.4 Å². The molecule has 0 atom stereocenters. The van der Waals surface area contributed by atoms with Gasteiger partial charge in [-0.05, 0) is 44.2 Å². The van der Waals surface area contributed by atoms with Gasteiger partial charge in [0.2, 0.25) is 0 Å². The van der Waals surface area contributed by atoms with E-state index >= 15 is 0 Å². The number of carbonyl (C=O) groups excluding carboxylic acids is 2. The van der Waals surface area contributed by atoms with E-state index in [1.54, 1.807) is 30.7 Å². The van der Waals surface area contributed by atoms with Gasteiger partial charge in [-0.1, -0.05) is 29.0 Å². The Morgan fingerprint density at radius 3 is 2.56 bits per heavy atom. The maximum absolute atomic E-state index is 12.6. The van der Waals surface area contributed by atoms with E-state index in [4.69, 9.17) is 9.47 Å². The van der Waals surface area contributed by atoms with Crippen LogP contribution in [0.2, 0.25) is 0 Å². The van der Waals surface area contributed by atoms with Crippen molar-refractivity contribution in [1.82, 2.24) is 4.57 Å². The number of hydrogen-bond acceptors (Lipinski definition) is 5. The third-order valence-electron chi connectivity index (χ3n) is 3.98. The first kappa shape index (κ1) is 18.8. The molecule has 3 rings (SSSR count). The minimum atomic E-state index is -0.378. The van der Waals surface area contributed by atoms with Crippen LogP contribution in [0.3, 0.4) is 0 Å². The van der Waals surface area contributed by atoms with Gasteiger partial charge in [-0.25, -0.2) is 0 Å². The molecule has 1 heterocycles. The Balaban J connectivity index is 2.10. The number of ether oxygens (including phenoxy) is 2. The van der Waals surface area contributed by atoms with Crippen molar-refractivity contribution < 1.29 is 19.1 Å². The van der Waals surface area contributed by atoms with Crippen LogP contribution in [0.15, 0.2) is 47.5 Å². The number of nitrogens with zero attached hydrogens (tertiary/aromatic N) is 2. The molecule has 3 aromatic rings. The molecular weight excluding hydrogens is 364 g/mol. The molecule has 0 aliphatic heterocycles. The van der Waals surface area contributed by atoms with E-state index in [1.807, 2.05) is 37.3 Å². The zero-order valence-electron chi connectivity index (χ0n) is 15.4. The van der Waals surface area contributed by atoms with Crippen LogP contribution in [0.1, 0.15) is 22.8 Å². The summed E-state index contributed by atoms with van der Waals surface area (Å²) < 4.78 is 12.9. The summed E-state index contributed by atoms with van der Waals surface area (Å²) in [6, 6.07) is 12.7. The monoisotopic (exact) mass is 384 g/mol. The fourth-order valence-corrected chi connectivity index (χ4v) is 3.66. The molecule has 2 aromatic carbocycles. The van der Waals surface area contributed by atoms with Gasteiger partial charge < -0.3 is 14.0 Å². The molecule has 0 aliphatic carbocycles. The molecule has 0 aliphatic rings. The van der Waals surface area contributed by atoms with Crippen LogP contribution in [0.25, 0.3) is 10.2 Å². The fraction of sp³-hybridized carbons (Fsp3) is 0.250. The highest BCUT2D eigenvalue weighted by molar-refractivity contribution is 7.16. The second-order valence-corrected chi connectivity index (χ2v) is 6.90. The quantitative estimate of drug-likeness (QED) is 0.633. The molecule has 1 amide bonds. The normalized spacial score (nSPS) is 11.6. The third kappa shape index (κ3) is 4.25. The standard InChI is InChI=1S/C20H20N2O4S/c1-4-26-18(23)12-22-16-10-9-15(25-3)11-17(16)27-20(22)21-19(24)14-7-5-13(2)6-8-14/h5-11H,4,12H2,1-3H3. The Bertz CT molecular complexity index is 1050. The van der Waals surface area contributed by atoms with E-state index in [0.717, 1.165) is 15.8 Å². The van der Waals surface area contributed by atoms with Crippen molar-refractivity contribution in [2.75, 3.05) is 13.7 Å². The molecule has 0 spiro atoms. The summed E-state index contributed by atoms with van der Waals surface area (Å²) in [5.74, 6) is -0.0353. The van der Waals surface area contributed by atoms with E-state index in [2.05, 4.69) is 4.99 Å². The zero-order chi connectivity index (χ0) is 19.4. The predicted molar refractivity (Wildman–Crippen MR) is 104 cm³/mol. The summed E-state index contributed by atoms with van der Waals surface area (Å²) in [5.41, 5.74) is 2.36. The smallest absolute Gasteiger partial charge is 0.326 e. The number of amides is 1. The summed E-state index contributed by atoms with van der Waals surface area (Å²) in [6.45, 7) is 3.99. The van der Waals surface area contributed by atoms with Gasteiger partial charge in [-0.15, -0.1) is 0 Å². The summed E-state index contributed by atoms with van der Waals surface area (Å²) in [5, 5.41) is 0. The molecule has 27 heavy (non-hydrogen) atoms. The Kier molecular flexibility index (Phi) is 5.71. The largest absolute Gasteiger partial charge is 0.497 e. The number of aryl methyl sites for hydroxylation is 1. The second kappa shape index (κ2) is 8.18. The summed E-state index contributed by atoms with van der Waals surface area (Å²) in [4.78, 5) is 29.3. The van der Waals surface area contributed by atoms with Gasteiger partial charge in [0.15, 0.2) is 4.80 Å². The number of methoxy groups -OCH3 is 1. The van der Waals surface area contributed by atoms with Gasteiger partial charge in [0.25, 0.3) is 5.91 Å². The van der Waals surface area contributed by atoms with Gasteiger partial charge in [-0.2, -0.15) is 4.99 Å². The topological polar surface area (TPSA) is 69.9 Å². The predicted octanol–water partition coefficient (Wildman–Crippen LogP) is 3.32. The number of aromatic nitrogens is 1. The molecule has 0 radical (unpaired) electrons. The third-order valence-corrected chi connectivity index (χ3v) is 5.02. The molecule has 140 valence electrons. The summed E-state index contributed by atoms with van der Waals surface area (Å²) in [6.07, 6.45) is 0. The average Bonchev–Trinajstić information content (AvgIpc) is 2.98. The lowest BCUT2D eigenvalue weighted by Crippen LogP contribution is -2.23. The lowest BCUT2D eigenvalue weighted by atomic mass is 10.1. The van der Waals surface area contributed by atoms with Crippen LogP contribution in [-0.4, -0.2) is 30.2 Å². The number of benzene rings is 2. The molecule has 0 fully saturated rings. The Labute approximate surface area is 160 Å².